The van der Waals surface area contributed by atoms with Crippen LogP contribution < -0.4 is 0 Å². The second kappa shape index (κ2) is 2.40. The Kier molecular flexibility index (Phi) is 1.49. The molecule has 62 valence electrons. The van der Waals surface area contributed by atoms with E-state index in [9.17, 15) is 10.2 Å². The topological polar surface area (TPSA) is 52.8 Å². The van der Waals surface area contributed by atoms with Gasteiger partial charge in [0.1, 0.15) is 0 Å². The first-order valence-electron chi connectivity index (χ1n) is 3.77. The molecule has 0 bridgehead atoms. The van der Waals surface area contributed by atoms with Gasteiger partial charge in [0.2, 0.25) is 0 Å². The van der Waals surface area contributed by atoms with Gasteiger partial charge < -0.3 is 10.2 Å². The lowest BCUT2D eigenvalue weighted by atomic mass is 9.99. The smallest absolute Gasteiger partial charge is 0.196 e. The Morgan fingerprint density at radius 2 is 2.00 bits per heavy atom. The highest BCUT2D eigenvalue weighted by molar-refractivity contribution is 5.70. The molecule has 0 saturated heterocycles. The van der Waals surface area contributed by atoms with Crippen LogP contribution in [0.2, 0.25) is 0 Å². The molecule has 1 aromatic rings. The van der Waals surface area contributed by atoms with Crippen molar-refractivity contribution in [3.63, 3.8) is 0 Å². The number of nitrogens with zero attached hydrogens (tertiary/aromatic N) is 1. The van der Waals surface area contributed by atoms with Crippen LogP contribution in [0.4, 0.5) is 5.69 Å². The van der Waals surface area contributed by atoms with Crippen LogP contribution in [0.3, 0.4) is 0 Å². The molecule has 0 atom stereocenters. The highest BCUT2D eigenvalue weighted by Crippen LogP contribution is 2.33. The van der Waals surface area contributed by atoms with Crippen molar-refractivity contribution in [1.29, 1.82) is 0 Å². The van der Waals surface area contributed by atoms with Crippen LogP contribution in [0.1, 0.15) is 12.0 Å². The molecule has 0 aliphatic carbocycles. The second-order valence-electron chi connectivity index (χ2n) is 2.85. The molecule has 0 amide bonds. The number of benzene rings is 1. The number of aliphatic hydroxyl groups is 2. The zero-order valence-corrected chi connectivity index (χ0v) is 6.44. The molecule has 1 heterocycles. The Morgan fingerprint density at radius 1 is 1.25 bits per heavy atom. The lowest BCUT2D eigenvalue weighted by Gasteiger charge is -2.24. The van der Waals surface area contributed by atoms with Crippen LogP contribution >= 0.6 is 0 Å². The summed E-state index contributed by atoms with van der Waals surface area (Å²) >= 11 is 0. The van der Waals surface area contributed by atoms with Crippen molar-refractivity contribution in [3.05, 3.63) is 29.8 Å². The van der Waals surface area contributed by atoms with Gasteiger partial charge in [-0.05, 0) is 6.07 Å². The van der Waals surface area contributed by atoms with Crippen molar-refractivity contribution in [2.45, 2.75) is 12.2 Å². The number of aliphatic imine (C=N–C) groups is 1. The van der Waals surface area contributed by atoms with Gasteiger partial charge in [-0.25, -0.2) is 0 Å². The van der Waals surface area contributed by atoms with Crippen molar-refractivity contribution in [3.8, 4) is 0 Å². The molecule has 1 aliphatic heterocycles. The van der Waals surface area contributed by atoms with Gasteiger partial charge in [-0.2, -0.15) is 0 Å². The van der Waals surface area contributed by atoms with Gasteiger partial charge in [0.15, 0.2) is 5.79 Å². The lowest BCUT2D eigenvalue weighted by molar-refractivity contribution is -0.162. The maximum atomic E-state index is 9.49. The predicted octanol–water partition coefficient (Wildman–Crippen LogP) is 0.930. The first-order valence-corrected chi connectivity index (χ1v) is 3.77. The summed E-state index contributed by atoms with van der Waals surface area (Å²) < 4.78 is 0. The molecule has 2 rings (SSSR count). The second-order valence-corrected chi connectivity index (χ2v) is 2.85. The standard InChI is InChI=1S/C9H9NO2/c11-9(12)5-6-10-8-4-2-1-3-7(8)9/h1-4,6,11-12H,5H2. The molecule has 1 aliphatic rings. The summed E-state index contributed by atoms with van der Waals surface area (Å²) in [6.07, 6.45) is 1.67. The maximum Gasteiger partial charge on any atom is 0.196 e. The molecule has 0 aromatic heterocycles. The summed E-state index contributed by atoms with van der Waals surface area (Å²) in [4.78, 5) is 4.04. The van der Waals surface area contributed by atoms with E-state index in [2.05, 4.69) is 4.99 Å². The van der Waals surface area contributed by atoms with Gasteiger partial charge in [-0.15, -0.1) is 0 Å². The molecule has 12 heavy (non-hydrogen) atoms. The van der Waals surface area contributed by atoms with Crippen molar-refractivity contribution >= 4 is 11.9 Å². The Hall–Kier alpha value is -1.19. The van der Waals surface area contributed by atoms with Gasteiger partial charge >= 0.3 is 0 Å². The van der Waals surface area contributed by atoms with E-state index in [1.807, 2.05) is 6.07 Å². The molecule has 0 fully saturated rings. The average Bonchev–Trinajstić information content (AvgIpc) is 2.04. The van der Waals surface area contributed by atoms with Crippen molar-refractivity contribution in [2.24, 2.45) is 4.99 Å². The van der Waals surface area contributed by atoms with Gasteiger partial charge in [0.25, 0.3) is 0 Å². The summed E-state index contributed by atoms with van der Waals surface area (Å²) in [5.74, 6) is -1.74. The summed E-state index contributed by atoms with van der Waals surface area (Å²) in [7, 11) is 0. The average molecular weight is 163 g/mol. The Morgan fingerprint density at radius 3 is 2.75 bits per heavy atom. The monoisotopic (exact) mass is 163 g/mol. The fourth-order valence-electron chi connectivity index (χ4n) is 1.31. The van der Waals surface area contributed by atoms with E-state index in [-0.39, 0.29) is 6.42 Å². The third-order valence-corrected chi connectivity index (χ3v) is 1.94. The van der Waals surface area contributed by atoms with Crippen molar-refractivity contribution in [2.75, 3.05) is 0 Å². The van der Waals surface area contributed by atoms with Gasteiger partial charge in [-0.1, -0.05) is 18.2 Å². The SMILES string of the molecule is OC1(O)CC=Nc2ccccc21. The zero-order valence-electron chi connectivity index (χ0n) is 6.44. The van der Waals surface area contributed by atoms with E-state index >= 15 is 0 Å². The van der Waals surface area contributed by atoms with Crippen molar-refractivity contribution < 1.29 is 10.2 Å². The molecule has 0 saturated carbocycles. The van der Waals surface area contributed by atoms with Crippen LogP contribution in [0.15, 0.2) is 29.3 Å². The molecule has 0 unspecified atom stereocenters. The fraction of sp³-hybridized carbons (Fsp3) is 0.222. The first kappa shape index (κ1) is 7.46. The quantitative estimate of drug-likeness (QED) is 0.559. The van der Waals surface area contributed by atoms with Crippen LogP contribution in [-0.4, -0.2) is 16.4 Å². The van der Waals surface area contributed by atoms with E-state index in [1.54, 1.807) is 18.2 Å². The summed E-state index contributed by atoms with van der Waals surface area (Å²) in [6, 6.07) is 7.01. The third-order valence-electron chi connectivity index (χ3n) is 1.94. The summed E-state index contributed by atoms with van der Waals surface area (Å²) in [5, 5.41) is 19.0. The van der Waals surface area contributed by atoms with Crippen LogP contribution in [0, 0.1) is 0 Å². The van der Waals surface area contributed by atoms with E-state index in [0.717, 1.165) is 0 Å². The van der Waals surface area contributed by atoms with Crippen LogP contribution in [0.25, 0.3) is 0 Å². The molecule has 2 N–H and O–H groups in total. The predicted molar refractivity (Wildman–Crippen MR) is 45.3 cm³/mol. The van der Waals surface area contributed by atoms with Crippen LogP contribution in [-0.2, 0) is 5.79 Å². The molecule has 1 aromatic carbocycles. The molecule has 3 nitrogen and oxygen atoms in total. The largest absolute Gasteiger partial charge is 0.362 e. The molecular formula is C9H9NO2. The Balaban J connectivity index is 2.60. The molecule has 3 heteroatoms. The zero-order chi connectivity index (χ0) is 8.60. The van der Waals surface area contributed by atoms with Crippen molar-refractivity contribution in [1.82, 2.24) is 0 Å². The number of hydrogen-bond acceptors (Lipinski definition) is 3. The number of fused-ring (bicyclic) bond motifs is 1. The summed E-state index contributed by atoms with van der Waals surface area (Å²) in [5.41, 5.74) is 1.11. The Labute approximate surface area is 70.0 Å². The minimum atomic E-state index is -1.74. The lowest BCUT2D eigenvalue weighted by Crippen LogP contribution is -2.27. The number of rotatable bonds is 0. The van der Waals surface area contributed by atoms with E-state index in [1.165, 1.54) is 6.21 Å². The van der Waals surface area contributed by atoms with E-state index in [0.29, 0.717) is 11.3 Å². The number of hydrogen-bond donors (Lipinski definition) is 2. The first-order chi connectivity index (χ1) is 5.70. The van der Waals surface area contributed by atoms with E-state index < -0.39 is 5.79 Å². The Bertz CT molecular complexity index is 331. The number of para-hydroxylation sites is 1. The van der Waals surface area contributed by atoms with Crippen LogP contribution in [0.5, 0.6) is 0 Å². The highest BCUT2D eigenvalue weighted by Gasteiger charge is 2.29. The van der Waals surface area contributed by atoms with Gasteiger partial charge in [0, 0.05) is 18.2 Å². The fourth-order valence-corrected chi connectivity index (χ4v) is 1.31. The van der Waals surface area contributed by atoms with E-state index in [4.69, 9.17) is 0 Å². The highest BCUT2D eigenvalue weighted by atomic mass is 16.5. The van der Waals surface area contributed by atoms with Gasteiger partial charge in [-0.3, -0.25) is 4.99 Å². The molecular weight excluding hydrogens is 154 g/mol. The molecule has 0 radical (unpaired) electrons. The third kappa shape index (κ3) is 1.03. The maximum absolute atomic E-state index is 9.49. The summed E-state index contributed by atoms with van der Waals surface area (Å²) in [6.45, 7) is 0. The van der Waals surface area contributed by atoms with Gasteiger partial charge in [0.05, 0.1) is 5.69 Å². The minimum Gasteiger partial charge on any atom is -0.362 e. The minimum absolute atomic E-state index is 0.157. The normalized spacial score (nSPS) is 18.8. The molecule has 0 spiro atoms.